The largest absolute Gasteiger partial charge is 0.491 e. The number of thioether (sulfide) groups is 1. The summed E-state index contributed by atoms with van der Waals surface area (Å²) < 4.78 is 5.72. The van der Waals surface area contributed by atoms with Crippen LogP contribution in [-0.2, 0) is 0 Å². The number of rotatable bonds is 4. The van der Waals surface area contributed by atoms with Crippen LogP contribution in [0.25, 0.3) is 0 Å². The van der Waals surface area contributed by atoms with Gasteiger partial charge < -0.3 is 15.4 Å². The van der Waals surface area contributed by atoms with E-state index in [1.165, 1.54) is 0 Å². The SMILES string of the molecule is CCCOc1cccc(N2CCSC(C)C2C)c1N. The first-order valence-electron chi connectivity index (χ1n) is 7.04. The van der Waals surface area contributed by atoms with Crippen molar-refractivity contribution in [2.75, 3.05) is 29.5 Å². The standard InChI is InChI=1S/C15H24N2OS/c1-4-9-18-14-7-5-6-13(15(14)16)17-8-10-19-12(3)11(17)2/h5-7,11-12H,4,8-10,16H2,1-3H3. The molecule has 0 aromatic heterocycles. The van der Waals surface area contributed by atoms with Crippen molar-refractivity contribution in [2.24, 2.45) is 0 Å². The van der Waals surface area contributed by atoms with Gasteiger partial charge in [0, 0.05) is 23.6 Å². The van der Waals surface area contributed by atoms with Crippen molar-refractivity contribution < 1.29 is 4.74 Å². The van der Waals surface area contributed by atoms with Crippen molar-refractivity contribution in [3.63, 3.8) is 0 Å². The Kier molecular flexibility index (Phi) is 4.86. The van der Waals surface area contributed by atoms with Crippen LogP contribution in [0.5, 0.6) is 5.75 Å². The predicted octanol–water partition coefficient (Wildman–Crippen LogP) is 3.39. The maximum absolute atomic E-state index is 6.29. The number of ether oxygens (including phenoxy) is 1. The normalized spacial score (nSPS) is 23.4. The fraction of sp³-hybridized carbons (Fsp3) is 0.600. The van der Waals surface area contributed by atoms with Gasteiger partial charge in [0.2, 0.25) is 0 Å². The second-order valence-electron chi connectivity index (χ2n) is 5.05. The Morgan fingerprint density at radius 3 is 2.95 bits per heavy atom. The summed E-state index contributed by atoms with van der Waals surface area (Å²) in [5.74, 6) is 1.97. The summed E-state index contributed by atoms with van der Waals surface area (Å²) >= 11 is 2.03. The third-order valence-electron chi connectivity index (χ3n) is 3.70. The smallest absolute Gasteiger partial charge is 0.144 e. The van der Waals surface area contributed by atoms with E-state index in [0.717, 1.165) is 42.4 Å². The van der Waals surface area contributed by atoms with Crippen molar-refractivity contribution in [3.05, 3.63) is 18.2 Å². The summed E-state index contributed by atoms with van der Waals surface area (Å²) in [6.45, 7) is 8.43. The summed E-state index contributed by atoms with van der Waals surface area (Å²) in [6.07, 6.45) is 0.997. The van der Waals surface area contributed by atoms with Crippen LogP contribution in [-0.4, -0.2) is 30.2 Å². The molecular formula is C15H24N2OS. The molecule has 4 heteroatoms. The number of para-hydroxylation sites is 1. The molecule has 0 bridgehead atoms. The lowest BCUT2D eigenvalue weighted by molar-refractivity contribution is 0.319. The van der Waals surface area contributed by atoms with Gasteiger partial charge in [-0.15, -0.1) is 0 Å². The van der Waals surface area contributed by atoms with Crippen LogP contribution in [0.3, 0.4) is 0 Å². The van der Waals surface area contributed by atoms with Gasteiger partial charge in [-0.1, -0.05) is 19.9 Å². The highest BCUT2D eigenvalue weighted by molar-refractivity contribution is 8.00. The summed E-state index contributed by atoms with van der Waals surface area (Å²) in [5, 5.41) is 0.633. The van der Waals surface area contributed by atoms with E-state index in [1.54, 1.807) is 0 Å². The molecular weight excluding hydrogens is 256 g/mol. The van der Waals surface area contributed by atoms with E-state index < -0.39 is 0 Å². The van der Waals surface area contributed by atoms with Gasteiger partial charge in [-0.05, 0) is 25.5 Å². The maximum Gasteiger partial charge on any atom is 0.144 e. The van der Waals surface area contributed by atoms with Gasteiger partial charge in [0.1, 0.15) is 5.75 Å². The van der Waals surface area contributed by atoms with Gasteiger partial charge in [-0.25, -0.2) is 0 Å². The molecule has 0 saturated carbocycles. The van der Waals surface area contributed by atoms with Crippen LogP contribution in [0.15, 0.2) is 18.2 Å². The van der Waals surface area contributed by atoms with E-state index in [1.807, 2.05) is 23.9 Å². The molecule has 2 atom stereocenters. The van der Waals surface area contributed by atoms with Gasteiger partial charge in [0.25, 0.3) is 0 Å². The molecule has 1 aliphatic rings. The Hall–Kier alpha value is -1.03. The molecule has 1 aromatic rings. The van der Waals surface area contributed by atoms with E-state index in [9.17, 15) is 0 Å². The fourth-order valence-corrected chi connectivity index (χ4v) is 3.49. The predicted molar refractivity (Wildman–Crippen MR) is 85.4 cm³/mol. The van der Waals surface area contributed by atoms with Crippen LogP contribution < -0.4 is 15.4 Å². The van der Waals surface area contributed by atoms with Crippen molar-refractivity contribution in [2.45, 2.75) is 38.5 Å². The van der Waals surface area contributed by atoms with E-state index in [0.29, 0.717) is 11.3 Å². The van der Waals surface area contributed by atoms with Crippen molar-refractivity contribution in [1.82, 2.24) is 0 Å². The summed E-state index contributed by atoms with van der Waals surface area (Å²) in [6, 6.07) is 6.60. The molecule has 1 saturated heterocycles. The Bertz CT molecular complexity index is 425. The van der Waals surface area contributed by atoms with Gasteiger partial charge in [-0.2, -0.15) is 11.8 Å². The molecule has 3 nitrogen and oxygen atoms in total. The molecule has 0 amide bonds. The van der Waals surface area contributed by atoms with Crippen LogP contribution in [0.1, 0.15) is 27.2 Å². The molecule has 19 heavy (non-hydrogen) atoms. The average Bonchev–Trinajstić information content (AvgIpc) is 2.41. The van der Waals surface area contributed by atoms with Gasteiger partial charge in [-0.3, -0.25) is 0 Å². The molecule has 1 aromatic carbocycles. The zero-order chi connectivity index (χ0) is 13.8. The first kappa shape index (κ1) is 14.4. The topological polar surface area (TPSA) is 38.5 Å². The Morgan fingerprint density at radius 2 is 2.21 bits per heavy atom. The molecule has 0 radical (unpaired) electrons. The minimum atomic E-state index is 0.502. The highest BCUT2D eigenvalue weighted by Crippen LogP contribution is 2.36. The molecule has 2 unspecified atom stereocenters. The summed E-state index contributed by atoms with van der Waals surface area (Å²) in [4.78, 5) is 2.41. The highest BCUT2D eigenvalue weighted by Gasteiger charge is 2.27. The zero-order valence-electron chi connectivity index (χ0n) is 12.1. The fourth-order valence-electron chi connectivity index (χ4n) is 2.39. The number of benzene rings is 1. The van der Waals surface area contributed by atoms with Gasteiger partial charge >= 0.3 is 0 Å². The summed E-state index contributed by atoms with van der Waals surface area (Å²) in [7, 11) is 0. The molecule has 0 spiro atoms. The average molecular weight is 280 g/mol. The van der Waals surface area contributed by atoms with Gasteiger partial charge in [0.15, 0.2) is 0 Å². The maximum atomic E-state index is 6.29. The number of hydrogen-bond acceptors (Lipinski definition) is 4. The summed E-state index contributed by atoms with van der Waals surface area (Å²) in [5.41, 5.74) is 8.19. The van der Waals surface area contributed by atoms with Crippen LogP contribution in [0, 0.1) is 0 Å². The number of nitrogens with zero attached hydrogens (tertiary/aromatic N) is 1. The lowest BCUT2D eigenvalue weighted by atomic mass is 10.1. The lowest BCUT2D eigenvalue weighted by Gasteiger charge is -2.39. The Balaban J connectivity index is 2.24. The first-order valence-corrected chi connectivity index (χ1v) is 8.09. The molecule has 106 valence electrons. The van der Waals surface area contributed by atoms with E-state index in [4.69, 9.17) is 10.5 Å². The number of nitrogens with two attached hydrogens (primary N) is 1. The van der Waals surface area contributed by atoms with Crippen molar-refractivity contribution in [3.8, 4) is 5.75 Å². The molecule has 0 aliphatic carbocycles. The minimum absolute atomic E-state index is 0.502. The lowest BCUT2D eigenvalue weighted by Crippen LogP contribution is -2.45. The quantitative estimate of drug-likeness (QED) is 0.858. The molecule has 2 rings (SSSR count). The van der Waals surface area contributed by atoms with Crippen molar-refractivity contribution in [1.29, 1.82) is 0 Å². The van der Waals surface area contributed by atoms with Crippen LogP contribution >= 0.6 is 11.8 Å². The number of hydrogen-bond donors (Lipinski definition) is 1. The third-order valence-corrected chi connectivity index (χ3v) is 5.04. The monoisotopic (exact) mass is 280 g/mol. The van der Waals surface area contributed by atoms with Gasteiger partial charge in [0.05, 0.1) is 18.0 Å². The Labute approximate surface area is 120 Å². The highest BCUT2D eigenvalue weighted by atomic mass is 32.2. The zero-order valence-corrected chi connectivity index (χ0v) is 12.9. The van der Waals surface area contributed by atoms with E-state index in [-0.39, 0.29) is 0 Å². The van der Waals surface area contributed by atoms with E-state index in [2.05, 4.69) is 31.7 Å². The molecule has 2 N–H and O–H groups in total. The first-order chi connectivity index (χ1) is 9.15. The van der Waals surface area contributed by atoms with Crippen molar-refractivity contribution >= 4 is 23.1 Å². The molecule has 1 fully saturated rings. The van der Waals surface area contributed by atoms with Crippen LogP contribution in [0.4, 0.5) is 11.4 Å². The second kappa shape index (κ2) is 6.42. The third kappa shape index (κ3) is 3.11. The second-order valence-corrected chi connectivity index (χ2v) is 6.53. The minimum Gasteiger partial charge on any atom is -0.491 e. The Morgan fingerprint density at radius 1 is 1.42 bits per heavy atom. The van der Waals surface area contributed by atoms with Crippen LogP contribution in [0.2, 0.25) is 0 Å². The molecule has 1 heterocycles. The number of nitrogen functional groups attached to an aromatic ring is 1. The number of anilines is 2. The van der Waals surface area contributed by atoms with E-state index >= 15 is 0 Å². The molecule has 1 aliphatic heterocycles.